The summed E-state index contributed by atoms with van der Waals surface area (Å²) in [5.74, 6) is 3.72. The Hall–Kier alpha value is -2.49. The second kappa shape index (κ2) is 6.59. The lowest BCUT2D eigenvalue weighted by atomic mass is 9.83. The van der Waals surface area contributed by atoms with Gasteiger partial charge in [0.25, 0.3) is 5.82 Å². The van der Waals surface area contributed by atoms with Crippen molar-refractivity contribution in [3.05, 3.63) is 47.4 Å². The molecule has 1 aliphatic rings. The predicted molar refractivity (Wildman–Crippen MR) is 96.9 cm³/mol. The molecular weight excluding hydrogens is 379 g/mol. The monoisotopic (exact) mass is 397 g/mol. The van der Waals surface area contributed by atoms with Crippen LogP contribution in [0.4, 0.5) is 18.9 Å². The molecule has 0 aliphatic carbocycles. The Morgan fingerprint density at radius 2 is 1.96 bits per heavy atom. The Bertz CT molecular complexity index is 920. The number of carbonyl (C=O) groups excluding carboxylic acids is 1. The van der Waals surface area contributed by atoms with E-state index in [1.165, 1.54) is 6.08 Å². The second-order valence-electron chi connectivity index (χ2n) is 6.66. The summed E-state index contributed by atoms with van der Waals surface area (Å²) in [4.78, 5) is 14.4. The van der Waals surface area contributed by atoms with Gasteiger partial charge in [-0.15, -0.1) is 10.2 Å². The standard InChI is InChI=1S/C17H18F3N5OS/c1-16(2)11-6-4-5-7-12(11)24(3)13(16)8-10(26)9-27-15-23-22-14(25(15)21)17(18,19)20/h4-8H,9,21H2,1-3H3. The van der Waals surface area contributed by atoms with Gasteiger partial charge in [-0.3, -0.25) is 4.79 Å². The van der Waals surface area contributed by atoms with Crippen molar-refractivity contribution in [2.45, 2.75) is 30.6 Å². The van der Waals surface area contributed by atoms with Crippen molar-refractivity contribution in [1.82, 2.24) is 14.9 Å². The minimum absolute atomic E-state index is 0.100. The van der Waals surface area contributed by atoms with Gasteiger partial charge in [0, 0.05) is 29.9 Å². The number of aromatic nitrogens is 3. The number of nitrogens with zero attached hydrogens (tertiary/aromatic N) is 4. The Balaban J connectivity index is 1.76. The molecule has 0 spiro atoms. The molecule has 3 rings (SSSR count). The van der Waals surface area contributed by atoms with E-state index in [2.05, 4.69) is 10.2 Å². The van der Waals surface area contributed by atoms with E-state index in [-0.39, 0.29) is 22.1 Å². The third-order valence-corrected chi connectivity index (χ3v) is 5.47. The fourth-order valence-electron chi connectivity index (χ4n) is 3.16. The SMILES string of the molecule is CN1C(=CC(=O)CSc2nnc(C(F)(F)F)n2N)C(C)(C)c2ccccc21. The molecule has 0 bridgehead atoms. The van der Waals surface area contributed by atoms with Crippen molar-refractivity contribution in [1.29, 1.82) is 0 Å². The highest BCUT2D eigenvalue weighted by Crippen LogP contribution is 2.46. The summed E-state index contributed by atoms with van der Waals surface area (Å²) in [6.45, 7) is 4.04. The number of anilines is 1. The molecular formula is C17H18F3N5OS. The lowest BCUT2D eigenvalue weighted by Gasteiger charge is -2.23. The summed E-state index contributed by atoms with van der Waals surface area (Å²) in [5.41, 5.74) is 2.59. The van der Waals surface area contributed by atoms with Crippen molar-refractivity contribution < 1.29 is 18.0 Å². The molecule has 144 valence electrons. The van der Waals surface area contributed by atoms with Crippen LogP contribution < -0.4 is 10.7 Å². The first-order valence-corrected chi connectivity index (χ1v) is 9.00. The van der Waals surface area contributed by atoms with Crippen molar-refractivity contribution in [3.63, 3.8) is 0 Å². The smallest absolute Gasteiger partial charge is 0.347 e. The minimum Gasteiger partial charge on any atom is -0.347 e. The second-order valence-corrected chi connectivity index (χ2v) is 7.60. The van der Waals surface area contributed by atoms with Crippen LogP contribution in [0.3, 0.4) is 0 Å². The van der Waals surface area contributed by atoms with E-state index >= 15 is 0 Å². The number of ketones is 1. The quantitative estimate of drug-likeness (QED) is 0.486. The van der Waals surface area contributed by atoms with Crippen LogP contribution in [0.5, 0.6) is 0 Å². The third kappa shape index (κ3) is 3.41. The molecule has 1 aromatic carbocycles. The average Bonchev–Trinajstić information content (AvgIpc) is 3.05. The molecule has 1 aliphatic heterocycles. The van der Waals surface area contributed by atoms with E-state index in [9.17, 15) is 18.0 Å². The van der Waals surface area contributed by atoms with Gasteiger partial charge in [0.15, 0.2) is 5.78 Å². The maximum atomic E-state index is 12.7. The highest BCUT2D eigenvalue weighted by Gasteiger charge is 2.39. The number of nitrogen functional groups attached to an aromatic ring is 1. The Morgan fingerprint density at radius 1 is 1.30 bits per heavy atom. The molecule has 2 heterocycles. The van der Waals surface area contributed by atoms with Gasteiger partial charge in [-0.1, -0.05) is 43.8 Å². The minimum atomic E-state index is -4.70. The number of allylic oxidation sites excluding steroid dienone is 2. The van der Waals surface area contributed by atoms with Gasteiger partial charge in [0.1, 0.15) is 0 Å². The average molecular weight is 397 g/mol. The molecule has 6 nitrogen and oxygen atoms in total. The number of likely N-dealkylation sites (N-methyl/N-ethyl adjacent to an activating group) is 1. The number of carbonyl (C=O) groups is 1. The van der Waals surface area contributed by atoms with E-state index in [4.69, 9.17) is 5.84 Å². The number of para-hydroxylation sites is 1. The van der Waals surface area contributed by atoms with Crippen molar-refractivity contribution in [2.75, 3.05) is 23.5 Å². The number of rotatable bonds is 4. The van der Waals surface area contributed by atoms with E-state index in [1.807, 2.05) is 50.1 Å². The van der Waals surface area contributed by atoms with Crippen LogP contribution in [0.15, 0.2) is 41.2 Å². The molecule has 0 fully saturated rings. The molecule has 0 saturated heterocycles. The van der Waals surface area contributed by atoms with Gasteiger partial charge >= 0.3 is 6.18 Å². The van der Waals surface area contributed by atoms with Gasteiger partial charge in [-0.2, -0.15) is 13.2 Å². The Morgan fingerprint density at radius 3 is 2.56 bits per heavy atom. The van der Waals surface area contributed by atoms with Crippen LogP contribution in [-0.4, -0.2) is 33.5 Å². The zero-order valence-electron chi connectivity index (χ0n) is 14.9. The normalized spacial score (nSPS) is 17.4. The lowest BCUT2D eigenvalue weighted by Crippen LogP contribution is -2.24. The first-order valence-electron chi connectivity index (χ1n) is 8.02. The maximum Gasteiger partial charge on any atom is 0.453 e. The number of halogens is 3. The Labute approximate surface area is 158 Å². The molecule has 1 aromatic heterocycles. The van der Waals surface area contributed by atoms with E-state index < -0.39 is 12.0 Å². The highest BCUT2D eigenvalue weighted by atomic mass is 32.2. The summed E-state index contributed by atoms with van der Waals surface area (Å²) in [6, 6.07) is 7.87. The van der Waals surface area contributed by atoms with Crippen LogP contribution in [0, 0.1) is 0 Å². The lowest BCUT2D eigenvalue weighted by molar-refractivity contribution is -0.146. The van der Waals surface area contributed by atoms with Gasteiger partial charge in [-0.05, 0) is 11.6 Å². The third-order valence-electron chi connectivity index (χ3n) is 4.50. The summed E-state index contributed by atoms with van der Waals surface area (Å²) in [5, 5.41) is 6.28. The number of nitrogens with two attached hydrogens (primary N) is 1. The van der Waals surface area contributed by atoms with Crippen LogP contribution in [0.1, 0.15) is 25.2 Å². The molecule has 0 radical (unpaired) electrons. The maximum absolute atomic E-state index is 12.7. The highest BCUT2D eigenvalue weighted by molar-refractivity contribution is 7.99. The molecule has 0 atom stereocenters. The van der Waals surface area contributed by atoms with E-state index in [1.54, 1.807) is 0 Å². The first kappa shape index (κ1) is 19.3. The number of thioether (sulfide) groups is 1. The van der Waals surface area contributed by atoms with Gasteiger partial charge in [0.05, 0.1) is 5.75 Å². The first-order chi connectivity index (χ1) is 12.5. The number of alkyl halides is 3. The summed E-state index contributed by atoms with van der Waals surface area (Å²) < 4.78 is 38.4. The fraction of sp³-hybridized carbons (Fsp3) is 0.353. The van der Waals surface area contributed by atoms with Crippen molar-refractivity contribution >= 4 is 23.2 Å². The summed E-state index contributed by atoms with van der Waals surface area (Å²) in [7, 11) is 1.88. The molecule has 2 aromatic rings. The fourth-order valence-corrected chi connectivity index (χ4v) is 3.84. The number of hydrogen-bond donors (Lipinski definition) is 1. The molecule has 2 N–H and O–H groups in total. The predicted octanol–water partition coefficient (Wildman–Crippen LogP) is 2.98. The van der Waals surface area contributed by atoms with Gasteiger partial charge in [-0.25, -0.2) is 4.68 Å². The zero-order chi connectivity index (χ0) is 20.0. The summed E-state index contributed by atoms with van der Waals surface area (Å²) >= 11 is 0.812. The van der Waals surface area contributed by atoms with Crippen LogP contribution in [-0.2, 0) is 16.4 Å². The Kier molecular flexibility index (Phi) is 4.71. The number of hydrogen-bond acceptors (Lipinski definition) is 6. The van der Waals surface area contributed by atoms with E-state index in [0.29, 0.717) is 4.68 Å². The molecule has 0 saturated carbocycles. The summed E-state index contributed by atoms with van der Waals surface area (Å²) in [6.07, 6.45) is -3.18. The zero-order valence-corrected chi connectivity index (χ0v) is 15.7. The topological polar surface area (TPSA) is 77.0 Å². The molecule has 10 heteroatoms. The molecule has 0 amide bonds. The van der Waals surface area contributed by atoms with E-state index in [0.717, 1.165) is 28.7 Å². The largest absolute Gasteiger partial charge is 0.453 e. The van der Waals surface area contributed by atoms with Crippen molar-refractivity contribution in [2.24, 2.45) is 0 Å². The molecule has 0 unspecified atom stereocenters. The van der Waals surface area contributed by atoms with Crippen LogP contribution >= 0.6 is 11.8 Å². The van der Waals surface area contributed by atoms with Gasteiger partial charge < -0.3 is 10.7 Å². The number of benzene rings is 1. The number of fused-ring (bicyclic) bond motifs is 1. The van der Waals surface area contributed by atoms with Gasteiger partial charge in [0.2, 0.25) is 5.16 Å². The molecule has 27 heavy (non-hydrogen) atoms. The van der Waals surface area contributed by atoms with Crippen molar-refractivity contribution in [3.8, 4) is 0 Å². The van der Waals surface area contributed by atoms with Crippen LogP contribution in [0.25, 0.3) is 0 Å². The van der Waals surface area contributed by atoms with Crippen LogP contribution in [0.2, 0.25) is 0 Å².